The highest BCUT2D eigenvalue weighted by atomic mass is 32.2. The number of nitrogens with zero attached hydrogens (tertiary/aromatic N) is 1. The van der Waals surface area contributed by atoms with Gasteiger partial charge in [-0.1, -0.05) is 26.8 Å². The number of rotatable bonds is 5. The molecule has 0 spiro atoms. The number of hydrogen-bond acceptors (Lipinski definition) is 4. The first-order valence-corrected chi connectivity index (χ1v) is 12.6. The number of pyridine rings is 1. The Morgan fingerprint density at radius 3 is 2.38 bits per heavy atom. The molecule has 0 bridgehead atoms. The van der Waals surface area contributed by atoms with Crippen LogP contribution in [0.3, 0.4) is 0 Å². The van der Waals surface area contributed by atoms with Crippen LogP contribution in [0, 0.1) is 18.3 Å². The minimum absolute atomic E-state index is 0.0486. The maximum absolute atomic E-state index is 12.9. The Morgan fingerprint density at radius 1 is 1.14 bits per heavy atom. The van der Waals surface area contributed by atoms with E-state index in [1.807, 2.05) is 12.1 Å². The lowest BCUT2D eigenvalue weighted by Gasteiger charge is -2.39. The first-order chi connectivity index (χ1) is 13.5. The lowest BCUT2D eigenvalue weighted by molar-refractivity contribution is -0.0170. The van der Waals surface area contributed by atoms with Crippen LogP contribution in [0.1, 0.15) is 70.2 Å². The largest absolute Gasteiger partial charge is 0.376 e. The first-order valence-electron chi connectivity index (χ1n) is 10.8. The van der Waals surface area contributed by atoms with E-state index in [0.717, 1.165) is 31.4 Å². The molecular formula is C22H36N2O4S. The van der Waals surface area contributed by atoms with Gasteiger partial charge in [0.2, 0.25) is 10.0 Å². The Balaban J connectivity index is 1.76. The van der Waals surface area contributed by atoms with Crippen LogP contribution in [-0.2, 0) is 21.2 Å². The molecule has 2 atom stereocenters. The highest BCUT2D eigenvalue weighted by molar-refractivity contribution is 7.88. The zero-order chi connectivity index (χ0) is 21.4. The van der Waals surface area contributed by atoms with E-state index in [1.165, 1.54) is 6.26 Å². The van der Waals surface area contributed by atoms with Crippen molar-refractivity contribution in [1.29, 1.82) is 0 Å². The van der Waals surface area contributed by atoms with Gasteiger partial charge in [0.05, 0.1) is 25.0 Å². The zero-order valence-electron chi connectivity index (χ0n) is 18.4. The summed E-state index contributed by atoms with van der Waals surface area (Å²) in [5.41, 5.74) is 1.90. The Morgan fingerprint density at radius 2 is 1.79 bits per heavy atom. The summed E-state index contributed by atoms with van der Waals surface area (Å²) >= 11 is 0. The third kappa shape index (κ3) is 5.50. The Kier molecular flexibility index (Phi) is 6.61. The summed E-state index contributed by atoms with van der Waals surface area (Å²) in [5.74, 6) is 0.711. The van der Waals surface area contributed by atoms with Gasteiger partial charge in [-0.3, -0.25) is 4.79 Å². The van der Waals surface area contributed by atoms with Crippen LogP contribution in [-0.4, -0.2) is 38.0 Å². The van der Waals surface area contributed by atoms with Gasteiger partial charge in [-0.15, -0.1) is 0 Å². The second-order valence-electron chi connectivity index (χ2n) is 9.96. The Labute approximate surface area is 175 Å². The van der Waals surface area contributed by atoms with Crippen LogP contribution in [0.4, 0.5) is 0 Å². The molecule has 3 rings (SSSR count). The van der Waals surface area contributed by atoms with Crippen LogP contribution in [0.25, 0.3) is 0 Å². The van der Waals surface area contributed by atoms with Gasteiger partial charge in [-0.05, 0) is 62.8 Å². The molecule has 0 unspecified atom stereocenters. The van der Waals surface area contributed by atoms with Gasteiger partial charge in [-0.2, -0.15) is 0 Å². The molecule has 6 nitrogen and oxygen atoms in total. The standard InChI is InChI=1S/C22H36N2O4S/c1-15-6-9-17-10-13-19(23-29(5,26)27)20(24(17)21(15)25)14-28-18-11-7-16(8-12-18)22(2,3)4/h6,9,16,18-20,23H,7-8,10-14H2,1-5H3/t16?,18?,19-,20-/m0/s1. The fraction of sp³-hybridized carbons (Fsp3) is 0.773. The number of fused-ring (bicyclic) bond motifs is 1. The molecule has 1 aromatic rings. The van der Waals surface area contributed by atoms with E-state index >= 15 is 0 Å². The van der Waals surface area contributed by atoms with E-state index in [2.05, 4.69) is 25.5 Å². The van der Waals surface area contributed by atoms with Crippen LogP contribution in [0.15, 0.2) is 16.9 Å². The van der Waals surface area contributed by atoms with Crippen molar-refractivity contribution in [2.45, 2.75) is 84.4 Å². The molecule has 0 radical (unpaired) electrons. The molecule has 1 aromatic heterocycles. The maximum atomic E-state index is 12.9. The fourth-order valence-corrected chi connectivity index (χ4v) is 5.69. The molecule has 0 aromatic carbocycles. The van der Waals surface area contributed by atoms with Crippen molar-refractivity contribution >= 4 is 10.0 Å². The summed E-state index contributed by atoms with van der Waals surface area (Å²) in [5, 5.41) is 0. The number of aromatic nitrogens is 1. The summed E-state index contributed by atoms with van der Waals surface area (Å²) in [6, 6.07) is 3.18. The molecule has 2 heterocycles. The highest BCUT2D eigenvalue weighted by Gasteiger charge is 2.34. The van der Waals surface area contributed by atoms with Gasteiger partial charge in [0.15, 0.2) is 0 Å². The fourth-order valence-electron chi connectivity index (χ4n) is 4.87. The average molecular weight is 425 g/mol. The van der Waals surface area contributed by atoms with Crippen molar-refractivity contribution in [2.24, 2.45) is 11.3 Å². The van der Waals surface area contributed by atoms with Crippen LogP contribution >= 0.6 is 0 Å². The van der Waals surface area contributed by atoms with E-state index < -0.39 is 10.0 Å². The van der Waals surface area contributed by atoms with E-state index in [4.69, 9.17) is 4.74 Å². The molecule has 1 saturated carbocycles. The van der Waals surface area contributed by atoms with Gasteiger partial charge < -0.3 is 9.30 Å². The van der Waals surface area contributed by atoms with Crippen LogP contribution in [0.2, 0.25) is 0 Å². The highest BCUT2D eigenvalue weighted by Crippen LogP contribution is 2.38. The number of sulfonamides is 1. The normalized spacial score (nSPS) is 28.2. The molecule has 1 aliphatic heterocycles. The second kappa shape index (κ2) is 8.52. The van der Waals surface area contributed by atoms with E-state index in [-0.39, 0.29) is 23.7 Å². The van der Waals surface area contributed by atoms with Gasteiger partial charge in [0.1, 0.15) is 0 Å². The summed E-state index contributed by atoms with van der Waals surface area (Å²) in [6.07, 6.45) is 7.05. The predicted molar refractivity (Wildman–Crippen MR) is 116 cm³/mol. The lowest BCUT2D eigenvalue weighted by Crippen LogP contribution is -2.49. The lowest BCUT2D eigenvalue weighted by atomic mass is 9.72. The molecular weight excluding hydrogens is 388 g/mol. The van der Waals surface area contributed by atoms with Gasteiger partial charge in [0, 0.05) is 17.3 Å². The minimum atomic E-state index is -3.37. The Bertz CT molecular complexity index is 877. The minimum Gasteiger partial charge on any atom is -0.376 e. The molecule has 29 heavy (non-hydrogen) atoms. The topological polar surface area (TPSA) is 77.4 Å². The molecule has 0 saturated heterocycles. The average Bonchev–Trinajstić information content (AvgIpc) is 2.62. The van der Waals surface area contributed by atoms with Crippen molar-refractivity contribution in [1.82, 2.24) is 9.29 Å². The molecule has 2 aliphatic rings. The monoisotopic (exact) mass is 424 g/mol. The Hall–Kier alpha value is -1.18. The predicted octanol–water partition coefficient (Wildman–Crippen LogP) is 3.18. The summed E-state index contributed by atoms with van der Waals surface area (Å²) in [6.45, 7) is 9.05. The SMILES string of the molecule is Cc1ccc2n(c1=O)[C@@H](COC1CCC(C(C)(C)C)CC1)[C@@H](NS(C)(=O)=O)CC2. The van der Waals surface area contributed by atoms with E-state index in [9.17, 15) is 13.2 Å². The van der Waals surface area contributed by atoms with Crippen molar-refractivity contribution in [3.8, 4) is 0 Å². The van der Waals surface area contributed by atoms with Gasteiger partial charge >= 0.3 is 0 Å². The van der Waals surface area contributed by atoms with Crippen molar-refractivity contribution in [3.63, 3.8) is 0 Å². The van der Waals surface area contributed by atoms with Crippen molar-refractivity contribution in [2.75, 3.05) is 12.9 Å². The summed E-state index contributed by atoms with van der Waals surface area (Å²) < 4.78 is 34.6. The molecule has 1 N–H and O–H groups in total. The maximum Gasteiger partial charge on any atom is 0.254 e. The summed E-state index contributed by atoms with van der Waals surface area (Å²) in [4.78, 5) is 12.9. The molecule has 164 valence electrons. The third-order valence-corrected chi connectivity index (χ3v) is 7.40. The van der Waals surface area contributed by atoms with Gasteiger partial charge in [0.25, 0.3) is 5.56 Å². The number of ether oxygens (including phenoxy) is 1. The summed E-state index contributed by atoms with van der Waals surface area (Å²) in [7, 11) is -3.37. The zero-order valence-corrected chi connectivity index (χ0v) is 19.2. The van der Waals surface area contributed by atoms with E-state index in [0.29, 0.717) is 36.3 Å². The molecule has 7 heteroatoms. The smallest absolute Gasteiger partial charge is 0.254 e. The molecule has 1 aliphatic carbocycles. The van der Waals surface area contributed by atoms with Crippen molar-refractivity contribution < 1.29 is 13.2 Å². The third-order valence-electron chi connectivity index (χ3n) is 6.67. The number of nitrogens with one attached hydrogen (secondary N) is 1. The van der Waals surface area contributed by atoms with Crippen LogP contribution in [0.5, 0.6) is 0 Å². The van der Waals surface area contributed by atoms with Crippen LogP contribution < -0.4 is 10.3 Å². The van der Waals surface area contributed by atoms with E-state index in [1.54, 1.807) is 11.5 Å². The molecule has 0 amide bonds. The number of hydrogen-bond donors (Lipinski definition) is 1. The quantitative estimate of drug-likeness (QED) is 0.787. The van der Waals surface area contributed by atoms with Gasteiger partial charge in [-0.25, -0.2) is 13.1 Å². The van der Waals surface area contributed by atoms with Crippen molar-refractivity contribution in [3.05, 3.63) is 33.7 Å². The first kappa shape index (κ1) is 22.5. The molecule has 1 fully saturated rings. The second-order valence-corrected chi connectivity index (χ2v) is 11.7. The number of aryl methyl sites for hydroxylation is 2.